The van der Waals surface area contributed by atoms with Gasteiger partial charge < -0.3 is 10.6 Å². The molecular weight excluding hydrogens is 253 g/mol. The van der Waals surface area contributed by atoms with E-state index >= 15 is 0 Å². The van der Waals surface area contributed by atoms with Crippen LogP contribution in [0.5, 0.6) is 0 Å². The Morgan fingerprint density at radius 1 is 1.20 bits per heavy atom. The van der Waals surface area contributed by atoms with Gasteiger partial charge in [0.15, 0.2) is 0 Å². The summed E-state index contributed by atoms with van der Waals surface area (Å²) in [6.45, 7) is 2.75. The molecule has 0 spiro atoms. The lowest BCUT2D eigenvalue weighted by Crippen LogP contribution is -2.20. The maximum atomic E-state index is 13.5. The zero-order valence-electron chi connectivity index (χ0n) is 11.3. The van der Waals surface area contributed by atoms with Crippen molar-refractivity contribution < 1.29 is 4.39 Å². The highest BCUT2D eigenvalue weighted by Gasteiger charge is 2.23. The molecule has 1 aliphatic rings. The average molecular weight is 269 g/mol. The summed E-state index contributed by atoms with van der Waals surface area (Å²) in [4.78, 5) is 2.04. The fourth-order valence-electron chi connectivity index (χ4n) is 2.70. The van der Waals surface area contributed by atoms with Crippen LogP contribution in [-0.4, -0.2) is 12.4 Å². The predicted octanol–water partition coefficient (Wildman–Crippen LogP) is 3.11. The molecule has 2 aromatic rings. The predicted molar refractivity (Wildman–Crippen MR) is 79.3 cm³/mol. The van der Waals surface area contributed by atoms with Gasteiger partial charge in [-0.2, -0.15) is 0 Å². The minimum absolute atomic E-state index is 0.0357. The Morgan fingerprint density at radius 2 is 2.00 bits per heavy atom. The van der Waals surface area contributed by atoms with Crippen LogP contribution in [0, 0.1) is 18.2 Å². The third kappa shape index (κ3) is 2.03. The number of nitrogens with two attached hydrogens (primary N) is 1. The summed E-state index contributed by atoms with van der Waals surface area (Å²) in [5.74, 6) is -0.208. The van der Waals surface area contributed by atoms with Crippen molar-refractivity contribution in [2.75, 3.05) is 11.4 Å². The normalized spacial score (nSPS) is 13.4. The van der Waals surface area contributed by atoms with Crippen molar-refractivity contribution in [3.8, 4) is 0 Å². The summed E-state index contributed by atoms with van der Waals surface area (Å²) in [6, 6.07) is 10.7. The molecule has 2 aromatic carbocycles. The number of benzene rings is 2. The van der Waals surface area contributed by atoms with E-state index in [9.17, 15) is 4.39 Å². The van der Waals surface area contributed by atoms with Gasteiger partial charge in [-0.3, -0.25) is 5.41 Å². The molecule has 0 amide bonds. The molecular formula is C16H16FN3. The Bertz CT molecular complexity index is 694. The van der Waals surface area contributed by atoms with Gasteiger partial charge in [-0.05, 0) is 43.2 Å². The molecule has 20 heavy (non-hydrogen) atoms. The molecule has 0 aromatic heterocycles. The second-order valence-electron chi connectivity index (χ2n) is 5.11. The second-order valence-corrected chi connectivity index (χ2v) is 5.11. The highest BCUT2D eigenvalue weighted by Crippen LogP contribution is 2.36. The Hall–Kier alpha value is -2.36. The lowest BCUT2D eigenvalue weighted by atomic mass is 10.1. The van der Waals surface area contributed by atoms with E-state index in [-0.39, 0.29) is 11.7 Å². The van der Waals surface area contributed by atoms with E-state index in [4.69, 9.17) is 11.1 Å². The number of aryl methyl sites for hydroxylation is 1. The number of nitrogens with zero attached hydrogens (tertiary/aromatic N) is 1. The maximum absolute atomic E-state index is 13.5. The van der Waals surface area contributed by atoms with Crippen molar-refractivity contribution in [2.24, 2.45) is 5.73 Å². The molecule has 102 valence electrons. The number of rotatable bonds is 2. The van der Waals surface area contributed by atoms with Crippen molar-refractivity contribution in [1.29, 1.82) is 5.41 Å². The van der Waals surface area contributed by atoms with Crippen LogP contribution >= 0.6 is 0 Å². The number of nitrogens with one attached hydrogen (secondary N) is 1. The van der Waals surface area contributed by atoms with Gasteiger partial charge in [0.05, 0.1) is 5.69 Å². The first-order valence-electron chi connectivity index (χ1n) is 6.57. The SMILES string of the molecule is Cc1ccc(N2CCc3ccc(F)cc32)c(C(=N)N)c1. The molecule has 3 nitrogen and oxygen atoms in total. The van der Waals surface area contributed by atoms with E-state index in [1.165, 1.54) is 6.07 Å². The van der Waals surface area contributed by atoms with Crippen molar-refractivity contribution in [2.45, 2.75) is 13.3 Å². The summed E-state index contributed by atoms with van der Waals surface area (Å²) in [5, 5.41) is 7.74. The number of halogens is 1. The number of amidine groups is 1. The highest BCUT2D eigenvalue weighted by atomic mass is 19.1. The van der Waals surface area contributed by atoms with E-state index in [2.05, 4.69) is 0 Å². The van der Waals surface area contributed by atoms with Gasteiger partial charge in [-0.25, -0.2) is 4.39 Å². The second kappa shape index (κ2) is 4.63. The number of fused-ring (bicyclic) bond motifs is 1. The fraction of sp³-hybridized carbons (Fsp3) is 0.188. The largest absolute Gasteiger partial charge is 0.384 e. The van der Waals surface area contributed by atoms with E-state index in [1.807, 2.05) is 36.1 Å². The van der Waals surface area contributed by atoms with Crippen LogP contribution in [0.2, 0.25) is 0 Å². The molecule has 0 aliphatic carbocycles. The minimum atomic E-state index is -0.243. The maximum Gasteiger partial charge on any atom is 0.125 e. The van der Waals surface area contributed by atoms with Crippen LogP contribution in [0.25, 0.3) is 0 Å². The summed E-state index contributed by atoms with van der Waals surface area (Å²) < 4.78 is 13.5. The smallest absolute Gasteiger partial charge is 0.125 e. The molecule has 0 fully saturated rings. The first-order chi connectivity index (χ1) is 9.56. The van der Waals surface area contributed by atoms with Crippen molar-refractivity contribution in [3.63, 3.8) is 0 Å². The van der Waals surface area contributed by atoms with Gasteiger partial charge >= 0.3 is 0 Å². The first kappa shape index (κ1) is 12.7. The van der Waals surface area contributed by atoms with Crippen LogP contribution in [-0.2, 0) is 6.42 Å². The molecule has 0 bridgehead atoms. The Balaban J connectivity index is 2.13. The Labute approximate surface area is 117 Å². The zero-order chi connectivity index (χ0) is 14.3. The molecule has 1 heterocycles. The standard InChI is InChI=1S/C16H16FN3/c1-10-2-5-14(13(8-10)16(18)19)20-7-6-11-3-4-12(17)9-15(11)20/h2-5,8-9H,6-7H2,1H3,(H3,18,19). The molecule has 3 rings (SSSR count). The lowest BCUT2D eigenvalue weighted by Gasteiger charge is -2.23. The van der Waals surface area contributed by atoms with Gasteiger partial charge in [0, 0.05) is 17.8 Å². The van der Waals surface area contributed by atoms with Crippen molar-refractivity contribution >= 4 is 17.2 Å². The molecule has 0 saturated heterocycles. The molecule has 0 saturated carbocycles. The quantitative estimate of drug-likeness (QED) is 0.650. The molecule has 4 heteroatoms. The molecule has 0 unspecified atom stereocenters. The number of anilines is 2. The summed E-state index contributed by atoms with van der Waals surface area (Å²) in [5.41, 5.74) is 10.3. The molecule has 1 aliphatic heterocycles. The van der Waals surface area contributed by atoms with E-state index in [1.54, 1.807) is 6.07 Å². The van der Waals surface area contributed by atoms with Gasteiger partial charge in [0.2, 0.25) is 0 Å². The fourth-order valence-corrected chi connectivity index (χ4v) is 2.70. The van der Waals surface area contributed by atoms with Crippen molar-refractivity contribution in [1.82, 2.24) is 0 Å². The van der Waals surface area contributed by atoms with Gasteiger partial charge in [-0.1, -0.05) is 17.7 Å². The molecule has 0 atom stereocenters. The first-order valence-corrected chi connectivity index (χ1v) is 6.57. The Morgan fingerprint density at radius 3 is 2.75 bits per heavy atom. The van der Waals surface area contributed by atoms with Crippen LogP contribution in [0.3, 0.4) is 0 Å². The van der Waals surface area contributed by atoms with Gasteiger partial charge in [0.25, 0.3) is 0 Å². The van der Waals surface area contributed by atoms with Gasteiger partial charge in [-0.15, -0.1) is 0 Å². The van der Waals surface area contributed by atoms with E-state index in [0.29, 0.717) is 5.56 Å². The third-order valence-electron chi connectivity index (χ3n) is 3.68. The zero-order valence-corrected chi connectivity index (χ0v) is 11.3. The number of hydrogen-bond donors (Lipinski definition) is 2. The Kier molecular flexibility index (Phi) is 2.93. The van der Waals surface area contributed by atoms with Crippen LogP contribution < -0.4 is 10.6 Å². The number of nitrogen functional groups attached to an aromatic ring is 1. The summed E-state index contributed by atoms with van der Waals surface area (Å²) in [7, 11) is 0. The molecule has 0 radical (unpaired) electrons. The number of hydrogen-bond acceptors (Lipinski definition) is 2. The van der Waals surface area contributed by atoms with Crippen LogP contribution in [0.15, 0.2) is 36.4 Å². The topological polar surface area (TPSA) is 53.1 Å². The van der Waals surface area contributed by atoms with E-state index < -0.39 is 0 Å². The molecule has 3 N–H and O–H groups in total. The third-order valence-corrected chi connectivity index (χ3v) is 3.68. The van der Waals surface area contributed by atoms with Crippen LogP contribution in [0.1, 0.15) is 16.7 Å². The average Bonchev–Trinajstić information content (AvgIpc) is 2.81. The summed E-state index contributed by atoms with van der Waals surface area (Å²) >= 11 is 0. The minimum Gasteiger partial charge on any atom is -0.384 e. The monoisotopic (exact) mass is 269 g/mol. The van der Waals surface area contributed by atoms with Crippen molar-refractivity contribution in [3.05, 3.63) is 58.9 Å². The highest BCUT2D eigenvalue weighted by molar-refractivity contribution is 6.01. The van der Waals surface area contributed by atoms with Gasteiger partial charge in [0.1, 0.15) is 11.7 Å². The van der Waals surface area contributed by atoms with Crippen LogP contribution in [0.4, 0.5) is 15.8 Å². The summed E-state index contributed by atoms with van der Waals surface area (Å²) in [6.07, 6.45) is 0.876. The van der Waals surface area contributed by atoms with E-state index in [0.717, 1.165) is 35.5 Å². The lowest BCUT2D eigenvalue weighted by molar-refractivity contribution is 0.628.